The number of carbonyl (C=O) groups excluding carboxylic acids is 2. The van der Waals surface area contributed by atoms with Crippen molar-refractivity contribution in [2.75, 3.05) is 10.8 Å². The second-order valence-corrected chi connectivity index (χ2v) is 13.0. The van der Waals surface area contributed by atoms with Crippen molar-refractivity contribution in [3.05, 3.63) is 131 Å². The number of halogens is 2. The monoisotopic (exact) mass is 635 g/mol. The van der Waals surface area contributed by atoms with Crippen LogP contribution in [0.25, 0.3) is 0 Å². The van der Waals surface area contributed by atoms with Crippen LogP contribution in [0.4, 0.5) is 10.1 Å². The molecule has 1 N–H and O–H groups in total. The van der Waals surface area contributed by atoms with E-state index in [1.165, 1.54) is 41.3 Å². The highest BCUT2D eigenvalue weighted by atomic mass is 35.5. The predicted octanol–water partition coefficient (Wildman–Crippen LogP) is 6.15. The van der Waals surface area contributed by atoms with E-state index in [4.69, 9.17) is 11.6 Å². The third kappa shape index (κ3) is 8.03. The highest BCUT2D eigenvalue weighted by Gasteiger charge is 2.35. The summed E-state index contributed by atoms with van der Waals surface area (Å²) in [6.07, 6.45) is 0.133. The Hall–Kier alpha value is -4.21. The summed E-state index contributed by atoms with van der Waals surface area (Å²) in [5, 5.41) is 3.24. The predicted molar refractivity (Wildman–Crippen MR) is 171 cm³/mol. The number of carbonyl (C=O) groups is 2. The molecule has 0 unspecified atom stereocenters. The van der Waals surface area contributed by atoms with Gasteiger partial charge in [0.05, 0.1) is 10.6 Å². The van der Waals surface area contributed by atoms with Crippen molar-refractivity contribution >= 4 is 39.1 Å². The van der Waals surface area contributed by atoms with E-state index in [0.29, 0.717) is 16.3 Å². The van der Waals surface area contributed by atoms with E-state index in [1.807, 2.05) is 30.3 Å². The summed E-state index contributed by atoms with van der Waals surface area (Å²) >= 11 is 6.03. The summed E-state index contributed by atoms with van der Waals surface area (Å²) in [4.78, 5) is 29.3. The molecule has 0 aliphatic carbocycles. The molecular formula is C34H35ClFN3O4S. The van der Waals surface area contributed by atoms with E-state index in [-0.39, 0.29) is 29.5 Å². The zero-order valence-electron chi connectivity index (χ0n) is 24.8. The fourth-order valence-electron chi connectivity index (χ4n) is 4.84. The summed E-state index contributed by atoms with van der Waals surface area (Å²) < 4.78 is 44.2. The molecule has 4 rings (SSSR count). The van der Waals surface area contributed by atoms with Crippen LogP contribution in [0.5, 0.6) is 0 Å². The number of sulfonamides is 1. The average molecular weight is 636 g/mol. The van der Waals surface area contributed by atoms with Crippen LogP contribution in [-0.4, -0.2) is 43.8 Å². The van der Waals surface area contributed by atoms with Gasteiger partial charge >= 0.3 is 0 Å². The Morgan fingerprint density at radius 2 is 1.48 bits per heavy atom. The molecule has 0 fully saturated rings. The second-order valence-electron chi connectivity index (χ2n) is 10.7. The number of hydrogen-bond acceptors (Lipinski definition) is 4. The number of amides is 2. The maximum absolute atomic E-state index is 15.0. The van der Waals surface area contributed by atoms with Gasteiger partial charge in [0.1, 0.15) is 18.4 Å². The molecule has 0 saturated heterocycles. The Labute approximate surface area is 263 Å². The van der Waals surface area contributed by atoms with Crippen molar-refractivity contribution < 1.29 is 22.4 Å². The lowest BCUT2D eigenvalue weighted by atomic mass is 10.0. The molecule has 0 aromatic heterocycles. The number of anilines is 1. The van der Waals surface area contributed by atoms with Gasteiger partial charge in [0.25, 0.3) is 10.0 Å². The third-order valence-corrected chi connectivity index (χ3v) is 9.09. The van der Waals surface area contributed by atoms with Gasteiger partial charge in [-0.1, -0.05) is 78.3 Å². The van der Waals surface area contributed by atoms with Gasteiger partial charge in [-0.15, -0.1) is 0 Å². The zero-order chi connectivity index (χ0) is 31.9. The fourth-order valence-corrected chi connectivity index (χ4v) is 6.44. The summed E-state index contributed by atoms with van der Waals surface area (Å²) in [6.45, 7) is 4.47. The molecule has 0 aliphatic rings. The summed E-state index contributed by atoms with van der Waals surface area (Å²) in [5.74, 6) is -1.65. The molecular weight excluding hydrogens is 601 g/mol. The molecule has 230 valence electrons. The zero-order valence-corrected chi connectivity index (χ0v) is 26.4. The second kappa shape index (κ2) is 14.5. The van der Waals surface area contributed by atoms with Crippen LogP contribution in [0, 0.1) is 12.7 Å². The van der Waals surface area contributed by atoms with Crippen LogP contribution in [0.3, 0.4) is 0 Å². The van der Waals surface area contributed by atoms with Crippen molar-refractivity contribution in [2.45, 2.75) is 50.7 Å². The topological polar surface area (TPSA) is 86.8 Å². The minimum Gasteiger partial charge on any atom is -0.352 e. The Morgan fingerprint density at radius 3 is 2.11 bits per heavy atom. The standard InChI is InChI=1S/C34H35ClFN3O4S/c1-24(2)37-34(41)32(21-26-12-5-4-6-13-26)38(22-27-14-8-9-15-30(27)36)33(40)23-39(31-16-10-7-11-25(31)3)44(42,43)29-19-17-28(35)18-20-29/h4-20,24,32H,21-23H2,1-3H3,(H,37,41)/t32-/m1/s1. The van der Waals surface area contributed by atoms with Gasteiger partial charge in [0.2, 0.25) is 11.8 Å². The first kappa shape index (κ1) is 32.7. The van der Waals surface area contributed by atoms with Crippen LogP contribution >= 0.6 is 11.6 Å². The van der Waals surface area contributed by atoms with Gasteiger partial charge < -0.3 is 10.2 Å². The first-order chi connectivity index (χ1) is 21.0. The molecule has 1 atom stereocenters. The fraction of sp³-hybridized carbons (Fsp3) is 0.235. The number of nitrogens with zero attached hydrogens (tertiary/aromatic N) is 2. The number of rotatable bonds is 12. The minimum atomic E-state index is -4.27. The molecule has 0 heterocycles. The van der Waals surface area contributed by atoms with Crippen molar-refractivity contribution in [1.29, 1.82) is 0 Å². The summed E-state index contributed by atoms with van der Waals surface area (Å²) in [5.41, 5.74) is 1.90. The number of benzene rings is 4. The van der Waals surface area contributed by atoms with E-state index in [9.17, 15) is 22.4 Å². The Morgan fingerprint density at radius 1 is 0.864 bits per heavy atom. The van der Waals surface area contributed by atoms with Gasteiger partial charge in [-0.25, -0.2) is 12.8 Å². The van der Waals surface area contributed by atoms with Gasteiger partial charge in [-0.05, 0) is 68.3 Å². The minimum absolute atomic E-state index is 0.0583. The smallest absolute Gasteiger partial charge is 0.264 e. The summed E-state index contributed by atoms with van der Waals surface area (Å²) in [6, 6.07) is 26.4. The lowest BCUT2D eigenvalue weighted by Crippen LogP contribution is -2.54. The van der Waals surface area contributed by atoms with E-state index >= 15 is 0 Å². The van der Waals surface area contributed by atoms with Crippen LogP contribution in [-0.2, 0) is 32.6 Å². The summed E-state index contributed by atoms with van der Waals surface area (Å²) in [7, 11) is -4.27. The lowest BCUT2D eigenvalue weighted by molar-refractivity contribution is -0.140. The molecule has 7 nitrogen and oxygen atoms in total. The van der Waals surface area contributed by atoms with Crippen molar-refractivity contribution in [2.24, 2.45) is 0 Å². The third-order valence-electron chi connectivity index (χ3n) is 7.07. The number of para-hydroxylation sites is 1. The van der Waals surface area contributed by atoms with E-state index in [1.54, 1.807) is 57.2 Å². The van der Waals surface area contributed by atoms with E-state index < -0.39 is 40.2 Å². The first-order valence-corrected chi connectivity index (χ1v) is 16.0. The molecule has 0 saturated carbocycles. The maximum Gasteiger partial charge on any atom is 0.264 e. The normalized spacial score (nSPS) is 12.0. The Kier molecular flexibility index (Phi) is 10.8. The highest BCUT2D eigenvalue weighted by molar-refractivity contribution is 7.92. The van der Waals surface area contributed by atoms with Gasteiger partial charge in [0.15, 0.2) is 0 Å². The molecule has 0 bridgehead atoms. The van der Waals surface area contributed by atoms with Gasteiger partial charge in [0, 0.05) is 29.6 Å². The molecule has 0 radical (unpaired) electrons. The van der Waals surface area contributed by atoms with Crippen LogP contribution in [0.1, 0.15) is 30.5 Å². The van der Waals surface area contributed by atoms with Crippen molar-refractivity contribution in [3.8, 4) is 0 Å². The van der Waals surface area contributed by atoms with Crippen molar-refractivity contribution in [1.82, 2.24) is 10.2 Å². The van der Waals surface area contributed by atoms with Gasteiger partial charge in [-0.3, -0.25) is 13.9 Å². The van der Waals surface area contributed by atoms with E-state index in [2.05, 4.69) is 5.32 Å². The SMILES string of the molecule is Cc1ccccc1N(CC(=O)N(Cc1ccccc1F)[C@H](Cc1ccccc1)C(=O)NC(C)C)S(=O)(=O)c1ccc(Cl)cc1. The van der Waals surface area contributed by atoms with Crippen LogP contribution < -0.4 is 9.62 Å². The molecule has 4 aromatic carbocycles. The lowest BCUT2D eigenvalue weighted by Gasteiger charge is -2.34. The van der Waals surface area contributed by atoms with Crippen LogP contribution in [0.2, 0.25) is 5.02 Å². The highest BCUT2D eigenvalue weighted by Crippen LogP contribution is 2.28. The Bertz CT molecular complexity index is 1700. The first-order valence-electron chi connectivity index (χ1n) is 14.2. The van der Waals surface area contributed by atoms with E-state index in [0.717, 1.165) is 9.87 Å². The quantitative estimate of drug-likeness (QED) is 0.202. The number of aryl methyl sites for hydroxylation is 1. The molecule has 44 heavy (non-hydrogen) atoms. The van der Waals surface area contributed by atoms with Gasteiger partial charge in [-0.2, -0.15) is 0 Å². The van der Waals surface area contributed by atoms with Crippen molar-refractivity contribution in [3.63, 3.8) is 0 Å². The molecule has 0 aliphatic heterocycles. The molecule has 4 aromatic rings. The molecule has 0 spiro atoms. The maximum atomic E-state index is 15.0. The number of hydrogen-bond donors (Lipinski definition) is 1. The Balaban J connectivity index is 1.82. The van der Waals surface area contributed by atoms with Crippen LogP contribution in [0.15, 0.2) is 108 Å². The number of nitrogens with one attached hydrogen (secondary N) is 1. The molecule has 10 heteroatoms. The average Bonchev–Trinajstić information content (AvgIpc) is 2.99. The largest absolute Gasteiger partial charge is 0.352 e. The molecule has 2 amide bonds.